The largest absolute Gasteiger partial charge is 0.329 e. The van der Waals surface area contributed by atoms with E-state index in [2.05, 4.69) is 0 Å². The fourth-order valence-corrected chi connectivity index (χ4v) is 5.72. The number of para-hydroxylation sites is 1. The molecule has 2 aliphatic heterocycles. The number of benzene rings is 2. The second-order valence-corrected chi connectivity index (χ2v) is 9.06. The number of hydrogen-bond acceptors (Lipinski definition) is 3. The first-order valence-corrected chi connectivity index (χ1v) is 10.2. The normalized spacial score (nSPS) is 24.6. The van der Waals surface area contributed by atoms with Gasteiger partial charge in [0.25, 0.3) is 0 Å². The van der Waals surface area contributed by atoms with Crippen molar-refractivity contribution in [1.29, 1.82) is 0 Å². The first-order valence-electron chi connectivity index (χ1n) is 8.01. The Bertz CT molecular complexity index is 946. The Morgan fingerprint density at radius 1 is 0.960 bits per heavy atom. The van der Waals surface area contributed by atoms with Gasteiger partial charge in [-0.2, -0.15) is 0 Å². The summed E-state index contributed by atoms with van der Waals surface area (Å²) in [7, 11) is -3.20. The number of nitrogens with zero attached hydrogens (tertiary/aromatic N) is 2. The van der Waals surface area contributed by atoms with Gasteiger partial charge in [-0.15, -0.1) is 0 Å². The van der Waals surface area contributed by atoms with Crippen LogP contribution < -0.4 is 9.80 Å². The van der Waals surface area contributed by atoms with Crippen LogP contribution in [0.1, 0.15) is 5.56 Å². The lowest BCUT2D eigenvalue weighted by Crippen LogP contribution is -2.37. The molecule has 0 aliphatic carbocycles. The number of amides is 2. The van der Waals surface area contributed by atoms with Crippen LogP contribution in [0.25, 0.3) is 0 Å². The maximum atomic E-state index is 13.1. The average Bonchev–Trinajstić information content (AvgIpc) is 3.00. The van der Waals surface area contributed by atoms with Crippen LogP contribution in [0.4, 0.5) is 16.2 Å². The molecule has 25 heavy (non-hydrogen) atoms. The van der Waals surface area contributed by atoms with Crippen molar-refractivity contribution in [1.82, 2.24) is 0 Å². The van der Waals surface area contributed by atoms with Gasteiger partial charge in [-0.25, -0.2) is 13.2 Å². The molecule has 130 valence electrons. The molecule has 2 aromatic carbocycles. The Morgan fingerprint density at radius 3 is 2.16 bits per heavy atom. The Kier molecular flexibility index (Phi) is 3.77. The summed E-state index contributed by atoms with van der Waals surface area (Å²) in [6.45, 7) is 1.89. The molecular formula is C18H17ClN2O3S. The molecule has 2 atom stereocenters. The summed E-state index contributed by atoms with van der Waals surface area (Å²) in [6.07, 6.45) is 0. The molecule has 2 aromatic rings. The van der Waals surface area contributed by atoms with E-state index < -0.39 is 15.9 Å². The van der Waals surface area contributed by atoms with E-state index >= 15 is 0 Å². The number of carbonyl (C=O) groups is 1. The highest BCUT2D eigenvalue weighted by Crippen LogP contribution is 2.38. The van der Waals surface area contributed by atoms with Crippen molar-refractivity contribution in [3.63, 3.8) is 0 Å². The number of anilines is 2. The fraction of sp³-hybridized carbons (Fsp3) is 0.278. The van der Waals surface area contributed by atoms with E-state index in [1.165, 1.54) is 0 Å². The van der Waals surface area contributed by atoms with E-state index in [-0.39, 0.29) is 23.6 Å². The molecule has 2 unspecified atom stereocenters. The Balaban J connectivity index is 1.82. The second kappa shape index (κ2) is 5.75. The zero-order valence-corrected chi connectivity index (χ0v) is 15.2. The van der Waals surface area contributed by atoms with Gasteiger partial charge < -0.3 is 0 Å². The molecule has 0 N–H and O–H groups in total. The average molecular weight is 377 g/mol. The number of urea groups is 1. The van der Waals surface area contributed by atoms with Crippen LogP contribution in [0.5, 0.6) is 0 Å². The molecule has 0 aromatic heterocycles. The SMILES string of the molecule is Cc1ccc(N2C(=O)N(c3ccccc3)C3CS(=O)(=O)CC32)cc1Cl. The number of carbonyl (C=O) groups excluding carboxylic acids is 1. The van der Waals surface area contributed by atoms with Crippen molar-refractivity contribution in [2.45, 2.75) is 19.0 Å². The highest BCUT2D eigenvalue weighted by Gasteiger charge is 2.54. The van der Waals surface area contributed by atoms with Gasteiger partial charge >= 0.3 is 6.03 Å². The smallest absolute Gasteiger partial charge is 0.288 e. The molecule has 5 nitrogen and oxygen atoms in total. The van der Waals surface area contributed by atoms with Crippen LogP contribution in [0.3, 0.4) is 0 Å². The monoisotopic (exact) mass is 376 g/mol. The zero-order valence-electron chi connectivity index (χ0n) is 13.6. The van der Waals surface area contributed by atoms with Gasteiger partial charge in [-0.05, 0) is 36.8 Å². The maximum absolute atomic E-state index is 13.1. The summed E-state index contributed by atoms with van der Waals surface area (Å²) < 4.78 is 24.5. The first-order chi connectivity index (χ1) is 11.9. The van der Waals surface area contributed by atoms with Crippen molar-refractivity contribution >= 4 is 38.8 Å². The third-order valence-electron chi connectivity index (χ3n) is 4.84. The zero-order chi connectivity index (χ0) is 17.8. The van der Waals surface area contributed by atoms with Gasteiger partial charge in [0.2, 0.25) is 0 Å². The van der Waals surface area contributed by atoms with Crippen molar-refractivity contribution in [3.8, 4) is 0 Å². The topological polar surface area (TPSA) is 57.7 Å². The molecule has 2 fully saturated rings. The summed E-state index contributed by atoms with van der Waals surface area (Å²) >= 11 is 6.22. The minimum absolute atomic E-state index is 0.0194. The molecule has 7 heteroatoms. The van der Waals surface area contributed by atoms with Crippen molar-refractivity contribution in [2.75, 3.05) is 21.3 Å². The van der Waals surface area contributed by atoms with Crippen molar-refractivity contribution in [2.24, 2.45) is 0 Å². The van der Waals surface area contributed by atoms with Crippen LogP contribution in [-0.4, -0.2) is 38.0 Å². The van der Waals surface area contributed by atoms with E-state index in [9.17, 15) is 13.2 Å². The molecule has 4 rings (SSSR count). The third kappa shape index (κ3) is 2.69. The van der Waals surface area contributed by atoms with Crippen LogP contribution in [0.15, 0.2) is 48.5 Å². The Hall–Kier alpha value is -2.05. The number of sulfone groups is 1. The van der Waals surface area contributed by atoms with E-state index in [0.29, 0.717) is 16.4 Å². The third-order valence-corrected chi connectivity index (χ3v) is 6.94. The highest BCUT2D eigenvalue weighted by atomic mass is 35.5. The number of fused-ring (bicyclic) bond motifs is 1. The predicted octanol–water partition coefficient (Wildman–Crippen LogP) is 3.26. The molecule has 2 amide bonds. The van der Waals surface area contributed by atoms with Crippen LogP contribution >= 0.6 is 11.6 Å². The number of rotatable bonds is 2. The van der Waals surface area contributed by atoms with E-state index in [1.54, 1.807) is 15.9 Å². The highest BCUT2D eigenvalue weighted by molar-refractivity contribution is 7.91. The summed E-state index contributed by atoms with van der Waals surface area (Å²) in [5.74, 6) is -0.0490. The predicted molar refractivity (Wildman–Crippen MR) is 99.2 cm³/mol. The van der Waals surface area contributed by atoms with Gasteiger partial charge in [0.05, 0.1) is 23.6 Å². The fourth-order valence-electron chi connectivity index (χ4n) is 3.63. The molecule has 0 radical (unpaired) electrons. The number of hydrogen-bond donors (Lipinski definition) is 0. The van der Waals surface area contributed by atoms with Gasteiger partial charge in [-0.1, -0.05) is 35.9 Å². The number of halogens is 1. The lowest BCUT2D eigenvalue weighted by Gasteiger charge is -2.23. The van der Waals surface area contributed by atoms with Crippen LogP contribution in [0.2, 0.25) is 5.02 Å². The molecule has 2 aliphatic rings. The summed E-state index contributed by atoms with van der Waals surface area (Å²) in [5.41, 5.74) is 2.25. The first kappa shape index (κ1) is 16.4. The van der Waals surface area contributed by atoms with Gasteiger partial charge in [0.1, 0.15) is 0 Å². The maximum Gasteiger partial charge on any atom is 0.329 e. The molecule has 0 spiro atoms. The quantitative estimate of drug-likeness (QED) is 0.756. The molecule has 2 saturated heterocycles. The van der Waals surface area contributed by atoms with E-state index in [1.807, 2.05) is 49.4 Å². The minimum atomic E-state index is -3.20. The summed E-state index contributed by atoms with van der Waals surface area (Å²) in [6, 6.07) is 13.6. The lowest BCUT2D eigenvalue weighted by molar-refractivity contribution is 0.255. The van der Waals surface area contributed by atoms with E-state index in [4.69, 9.17) is 11.6 Å². The van der Waals surface area contributed by atoms with Gasteiger partial charge in [-0.3, -0.25) is 9.80 Å². The lowest BCUT2D eigenvalue weighted by atomic mass is 10.1. The van der Waals surface area contributed by atoms with Gasteiger partial charge in [0, 0.05) is 16.4 Å². The Labute approximate surface area is 151 Å². The van der Waals surface area contributed by atoms with E-state index in [0.717, 1.165) is 5.56 Å². The molecular weight excluding hydrogens is 360 g/mol. The molecule has 0 bridgehead atoms. The second-order valence-electron chi connectivity index (χ2n) is 6.50. The van der Waals surface area contributed by atoms with Crippen LogP contribution in [0, 0.1) is 6.92 Å². The minimum Gasteiger partial charge on any atom is -0.288 e. The van der Waals surface area contributed by atoms with Crippen LogP contribution in [-0.2, 0) is 9.84 Å². The molecule has 2 heterocycles. The molecule has 0 saturated carbocycles. The summed E-state index contributed by atoms with van der Waals surface area (Å²) in [4.78, 5) is 16.3. The summed E-state index contributed by atoms with van der Waals surface area (Å²) in [5, 5.41) is 0.556. The van der Waals surface area contributed by atoms with Crippen molar-refractivity contribution < 1.29 is 13.2 Å². The standard InChI is InChI=1S/C18H17ClN2O3S/c1-12-7-8-14(9-15(12)19)21-17-11-25(23,24)10-16(17)20(18(21)22)13-5-3-2-4-6-13/h2-9,16-17H,10-11H2,1H3. The number of aryl methyl sites for hydroxylation is 1. The van der Waals surface area contributed by atoms with Gasteiger partial charge in [0.15, 0.2) is 9.84 Å². The Morgan fingerprint density at radius 2 is 1.56 bits per heavy atom. The van der Waals surface area contributed by atoms with Crippen molar-refractivity contribution in [3.05, 3.63) is 59.1 Å².